The Hall–Kier alpha value is -2.71. The molecule has 0 saturated carbocycles. The molecule has 0 aliphatic heterocycles. The molecular weight excluding hydrogens is 484 g/mol. The van der Waals surface area contributed by atoms with Crippen LogP contribution in [0.5, 0.6) is 0 Å². The van der Waals surface area contributed by atoms with E-state index in [9.17, 15) is 0 Å². The Bertz CT molecular complexity index is 1370. The Morgan fingerprint density at radius 1 is 0.528 bits per heavy atom. The van der Waals surface area contributed by atoms with Gasteiger partial charge in [0.05, 0.1) is 0 Å². The molecule has 4 aromatic carbocycles. The second-order valence-electron chi connectivity index (χ2n) is 10.6. The van der Waals surface area contributed by atoms with Gasteiger partial charge in [-0.15, -0.1) is 0 Å². The molecule has 0 bridgehead atoms. The first-order valence-corrected chi connectivity index (χ1v) is 20.5. The van der Waals surface area contributed by atoms with Crippen molar-refractivity contribution in [2.24, 2.45) is 0 Å². The molecule has 2 unspecified atom stereocenters. The zero-order valence-electron chi connectivity index (χ0n) is 21.6. The van der Waals surface area contributed by atoms with Crippen molar-refractivity contribution < 1.29 is 17.1 Å². The summed E-state index contributed by atoms with van der Waals surface area (Å²) in [5.41, 5.74) is 14.8. The standard InChI is InChI=1S/2C16H13.C2H7Si.Ti/c2*1-12-10-14-8-5-9-15(16(14)11-12)13-6-3-2-4-7-13;1-3-2;/h2*2-11H,1H3;3H,1-2H3;. The van der Waals surface area contributed by atoms with Crippen molar-refractivity contribution in [1.29, 1.82) is 0 Å². The van der Waals surface area contributed by atoms with Crippen molar-refractivity contribution in [2.45, 2.75) is 35.4 Å². The number of benzene rings is 4. The number of fused-ring (bicyclic) bond motifs is 2. The molecule has 2 heteroatoms. The van der Waals surface area contributed by atoms with Gasteiger partial charge in [0.15, 0.2) is 0 Å². The predicted octanol–water partition coefficient (Wildman–Crippen LogP) is 9.24. The summed E-state index contributed by atoms with van der Waals surface area (Å²) in [6, 6.07) is 36.0. The van der Waals surface area contributed by atoms with Crippen molar-refractivity contribution in [2.75, 3.05) is 0 Å². The maximum absolute atomic E-state index is 2.63. The van der Waals surface area contributed by atoms with Crippen LogP contribution in [0, 0.1) is 0 Å². The van der Waals surface area contributed by atoms with E-state index in [4.69, 9.17) is 0 Å². The molecule has 0 N–H and O–H groups in total. The van der Waals surface area contributed by atoms with Gasteiger partial charge in [0.2, 0.25) is 0 Å². The van der Waals surface area contributed by atoms with Gasteiger partial charge in [0.25, 0.3) is 0 Å². The molecule has 4 aromatic rings. The quantitative estimate of drug-likeness (QED) is 0.232. The van der Waals surface area contributed by atoms with Crippen LogP contribution in [0.1, 0.15) is 44.5 Å². The molecule has 0 fully saturated rings. The van der Waals surface area contributed by atoms with Crippen LogP contribution in [0.25, 0.3) is 34.4 Å². The Kier molecular flexibility index (Phi) is 6.34. The summed E-state index contributed by atoms with van der Waals surface area (Å²) in [5, 5.41) is 0. The van der Waals surface area contributed by atoms with E-state index in [0.29, 0.717) is 8.45 Å². The first-order valence-electron chi connectivity index (χ1n) is 13.1. The van der Waals surface area contributed by atoms with Gasteiger partial charge in [0, 0.05) is 0 Å². The molecule has 6 rings (SSSR count). The maximum atomic E-state index is 2.63. The first-order chi connectivity index (χ1) is 17.5. The zero-order valence-corrected chi connectivity index (χ0v) is 24.3. The normalized spacial score (nSPS) is 18.0. The van der Waals surface area contributed by atoms with Gasteiger partial charge in [0.1, 0.15) is 0 Å². The Morgan fingerprint density at radius 2 is 0.944 bits per heavy atom. The van der Waals surface area contributed by atoms with Gasteiger partial charge in [-0.05, 0) is 0 Å². The van der Waals surface area contributed by atoms with Crippen molar-refractivity contribution in [1.82, 2.24) is 0 Å². The zero-order chi connectivity index (χ0) is 24.8. The van der Waals surface area contributed by atoms with Gasteiger partial charge in [-0.25, -0.2) is 0 Å². The SMILES string of the molecule is CC1=Cc2c(-c3ccccc3)cccc2[CH]1[Ti]([CH]1C(C)=Cc2c(-c3ccccc3)cccc21)[SiH](C)C. The van der Waals surface area contributed by atoms with Crippen LogP contribution < -0.4 is 0 Å². The molecule has 177 valence electrons. The number of rotatable bonds is 5. The fourth-order valence-corrected chi connectivity index (χ4v) is 22.1. The third-order valence-corrected chi connectivity index (χ3v) is 22.9. The van der Waals surface area contributed by atoms with Crippen molar-refractivity contribution in [3.05, 3.63) is 130 Å². The number of hydrogen-bond acceptors (Lipinski definition) is 0. The summed E-state index contributed by atoms with van der Waals surface area (Å²) < 4.78 is 1.30. The molecule has 0 spiro atoms. The summed E-state index contributed by atoms with van der Waals surface area (Å²) in [4.78, 5) is 0. The molecule has 0 nitrogen and oxygen atoms in total. The topological polar surface area (TPSA) is 0 Å². The van der Waals surface area contributed by atoms with Crippen LogP contribution in [-0.2, 0) is 17.1 Å². The van der Waals surface area contributed by atoms with Crippen LogP contribution in [0.4, 0.5) is 0 Å². The van der Waals surface area contributed by atoms with E-state index in [1.807, 2.05) is 0 Å². The van der Waals surface area contributed by atoms with Gasteiger partial charge < -0.3 is 0 Å². The summed E-state index contributed by atoms with van der Waals surface area (Å²) >= 11 is -1.60. The van der Waals surface area contributed by atoms with Gasteiger partial charge in [-0.3, -0.25) is 0 Å². The molecule has 36 heavy (non-hydrogen) atoms. The Morgan fingerprint density at radius 3 is 1.33 bits per heavy atom. The van der Waals surface area contributed by atoms with E-state index in [0.717, 1.165) is 0 Å². The third kappa shape index (κ3) is 3.95. The molecule has 0 saturated heterocycles. The molecule has 0 amide bonds. The molecular formula is C34H33SiTi. The van der Waals surface area contributed by atoms with E-state index in [1.165, 1.54) is 33.4 Å². The molecule has 2 aliphatic carbocycles. The summed E-state index contributed by atoms with van der Waals surface area (Å²) in [6.07, 6.45) is 5.06. The summed E-state index contributed by atoms with van der Waals surface area (Å²) in [7, 11) is 0. The van der Waals surface area contributed by atoms with Gasteiger partial charge >= 0.3 is 224 Å². The Balaban J connectivity index is 1.47. The fraction of sp³-hybridized carbons (Fsp3) is 0.176. The summed E-state index contributed by atoms with van der Waals surface area (Å²) in [5.74, 6) is 0. The van der Waals surface area contributed by atoms with Gasteiger partial charge in [-0.1, -0.05) is 0 Å². The number of hydrogen-bond donors (Lipinski definition) is 0. The van der Waals surface area contributed by atoms with E-state index in [1.54, 1.807) is 22.3 Å². The second-order valence-corrected chi connectivity index (χ2v) is 24.5. The average molecular weight is 518 g/mol. The molecule has 0 aromatic heterocycles. The minimum atomic E-state index is -1.60. The molecule has 2 atom stereocenters. The van der Waals surface area contributed by atoms with Crippen molar-refractivity contribution >= 4 is 18.8 Å². The fourth-order valence-electron chi connectivity index (χ4n) is 6.56. The monoisotopic (exact) mass is 517 g/mol. The first kappa shape index (κ1) is 23.7. The van der Waals surface area contributed by atoms with E-state index >= 15 is 0 Å². The Labute approximate surface area is 223 Å². The predicted molar refractivity (Wildman–Crippen MR) is 155 cm³/mol. The average Bonchev–Trinajstić information content (AvgIpc) is 3.41. The van der Waals surface area contributed by atoms with Crippen LogP contribution in [0.2, 0.25) is 13.1 Å². The minimum absolute atomic E-state index is 0.648. The third-order valence-electron chi connectivity index (χ3n) is 8.06. The van der Waals surface area contributed by atoms with Gasteiger partial charge in [-0.2, -0.15) is 0 Å². The summed E-state index contributed by atoms with van der Waals surface area (Å²) in [6.45, 7) is 9.22. The molecule has 0 heterocycles. The van der Waals surface area contributed by atoms with E-state index in [-0.39, 0.29) is 0 Å². The number of allylic oxidation sites excluding steroid dienone is 2. The molecule has 0 radical (unpaired) electrons. The van der Waals surface area contributed by atoms with E-state index in [2.05, 4.69) is 136 Å². The second kappa shape index (κ2) is 9.63. The molecule has 2 aliphatic rings. The van der Waals surface area contributed by atoms with Crippen LogP contribution in [0.3, 0.4) is 0 Å². The van der Waals surface area contributed by atoms with Crippen LogP contribution >= 0.6 is 0 Å². The van der Waals surface area contributed by atoms with Crippen LogP contribution in [-0.4, -0.2) is 6.66 Å². The van der Waals surface area contributed by atoms with Crippen molar-refractivity contribution in [3.8, 4) is 22.3 Å². The van der Waals surface area contributed by atoms with Crippen molar-refractivity contribution in [3.63, 3.8) is 0 Å². The van der Waals surface area contributed by atoms with E-state index < -0.39 is 23.8 Å². The van der Waals surface area contributed by atoms with Crippen LogP contribution in [0.15, 0.2) is 108 Å².